The molecule has 6 aromatic rings. The van der Waals surface area contributed by atoms with Crippen LogP contribution in [0.25, 0.3) is 10.8 Å². The number of anilines is 1. The van der Waals surface area contributed by atoms with Gasteiger partial charge in [-0.15, -0.1) is 9.90 Å². The minimum absolute atomic E-state index is 0.478. The molecule has 0 saturated carbocycles. The third kappa shape index (κ3) is 4.65. The van der Waals surface area contributed by atoms with E-state index < -0.39 is 5.54 Å². The summed E-state index contributed by atoms with van der Waals surface area (Å²) in [5.74, 6) is 1.75. The van der Waals surface area contributed by atoms with Crippen LogP contribution in [0, 0.1) is 5.92 Å². The maximum Gasteiger partial charge on any atom is 0.266 e. The first-order valence-corrected chi connectivity index (χ1v) is 14.9. The second kappa shape index (κ2) is 11.2. The predicted molar refractivity (Wildman–Crippen MR) is 170 cm³/mol. The average Bonchev–Trinajstić information content (AvgIpc) is 3.73. The maximum atomic E-state index is 5.13. The summed E-state index contributed by atoms with van der Waals surface area (Å²) >= 11 is 0. The van der Waals surface area contributed by atoms with E-state index in [-0.39, 0.29) is 0 Å². The van der Waals surface area contributed by atoms with Gasteiger partial charge in [-0.2, -0.15) is 0 Å². The molecule has 1 aliphatic heterocycles. The number of rotatable bonds is 8. The first-order valence-electron chi connectivity index (χ1n) is 14.9. The highest BCUT2D eigenvalue weighted by Crippen LogP contribution is 2.40. The van der Waals surface area contributed by atoms with Gasteiger partial charge in [0.05, 0.1) is 0 Å². The van der Waals surface area contributed by atoms with Gasteiger partial charge in [0.15, 0.2) is 5.54 Å². The van der Waals surface area contributed by atoms with Gasteiger partial charge in [-0.05, 0) is 62.9 Å². The highest BCUT2D eigenvalue weighted by atomic mass is 15.6. The van der Waals surface area contributed by atoms with Crippen molar-refractivity contribution in [3.63, 3.8) is 0 Å². The molecule has 5 heteroatoms. The third-order valence-corrected chi connectivity index (χ3v) is 8.89. The second-order valence-electron chi connectivity index (χ2n) is 11.5. The van der Waals surface area contributed by atoms with Gasteiger partial charge in [0.2, 0.25) is 0 Å². The molecule has 42 heavy (non-hydrogen) atoms. The quantitative estimate of drug-likeness (QED) is 0.183. The molecule has 1 aromatic heterocycles. The van der Waals surface area contributed by atoms with Gasteiger partial charge in [0, 0.05) is 13.1 Å². The molecule has 0 unspecified atom stereocenters. The van der Waals surface area contributed by atoms with Gasteiger partial charge >= 0.3 is 0 Å². The van der Waals surface area contributed by atoms with Crippen molar-refractivity contribution in [2.45, 2.75) is 31.2 Å². The Balaban J connectivity index is 1.20. The molecular weight excluding hydrogens is 514 g/mol. The standard InChI is InChI=1S/C37H35N5/c1-28(34-23-13-15-30-14-11-12-22-35(30)34)26-29-24-25-41(27-29)36-38-40-42(39-36)37(31-16-5-2-6-17-31,32-18-7-3-8-19-32)33-20-9-4-10-21-33/h2-23,28-29H,24-27H2,1H3/t28-,29+/m0/s1. The molecule has 7 rings (SSSR count). The summed E-state index contributed by atoms with van der Waals surface area (Å²) < 4.78 is 0. The fourth-order valence-electron chi connectivity index (χ4n) is 6.87. The lowest BCUT2D eigenvalue weighted by atomic mass is 9.77. The molecule has 0 spiro atoms. The summed E-state index contributed by atoms with van der Waals surface area (Å²) in [6.45, 7) is 4.25. The monoisotopic (exact) mass is 549 g/mol. The van der Waals surface area contributed by atoms with Gasteiger partial charge in [0.25, 0.3) is 5.95 Å². The van der Waals surface area contributed by atoms with Crippen molar-refractivity contribution in [1.82, 2.24) is 20.2 Å². The average molecular weight is 550 g/mol. The van der Waals surface area contributed by atoms with E-state index in [1.54, 1.807) is 0 Å². The molecule has 1 fully saturated rings. The Hall–Kier alpha value is -4.77. The molecule has 208 valence electrons. The summed E-state index contributed by atoms with van der Waals surface area (Å²) in [5.41, 5.74) is 3.96. The van der Waals surface area contributed by atoms with E-state index in [0.29, 0.717) is 17.8 Å². The molecule has 0 N–H and O–H groups in total. The molecule has 2 atom stereocenters. The zero-order valence-electron chi connectivity index (χ0n) is 23.9. The molecule has 0 aliphatic carbocycles. The van der Waals surface area contributed by atoms with Crippen LogP contribution in [-0.4, -0.2) is 33.3 Å². The number of benzene rings is 5. The van der Waals surface area contributed by atoms with Crippen LogP contribution < -0.4 is 4.90 Å². The van der Waals surface area contributed by atoms with Crippen LogP contribution in [0.4, 0.5) is 5.95 Å². The van der Waals surface area contributed by atoms with E-state index in [1.807, 2.05) is 23.0 Å². The van der Waals surface area contributed by atoms with Gasteiger partial charge in [-0.3, -0.25) is 0 Å². The van der Waals surface area contributed by atoms with Crippen LogP contribution in [0.2, 0.25) is 0 Å². The van der Waals surface area contributed by atoms with Crippen molar-refractivity contribution < 1.29 is 0 Å². The maximum absolute atomic E-state index is 5.13. The topological polar surface area (TPSA) is 46.8 Å². The SMILES string of the molecule is C[C@@H](C[C@H]1CCN(c2nnn(C(c3ccccc3)(c3ccccc3)c3ccccc3)n2)C1)c1cccc2ccccc12. The first kappa shape index (κ1) is 26.1. The molecule has 5 nitrogen and oxygen atoms in total. The Morgan fingerprint density at radius 2 is 1.29 bits per heavy atom. The summed E-state index contributed by atoms with van der Waals surface area (Å²) in [6, 6.07) is 47.0. The smallest absolute Gasteiger partial charge is 0.266 e. The van der Waals surface area contributed by atoms with Crippen molar-refractivity contribution in [3.05, 3.63) is 156 Å². The van der Waals surface area contributed by atoms with Crippen molar-refractivity contribution in [1.29, 1.82) is 0 Å². The lowest BCUT2D eigenvalue weighted by Crippen LogP contribution is -2.39. The van der Waals surface area contributed by atoms with Gasteiger partial charge in [-0.25, -0.2) is 0 Å². The number of hydrogen-bond donors (Lipinski definition) is 0. The zero-order valence-corrected chi connectivity index (χ0v) is 23.9. The van der Waals surface area contributed by atoms with Crippen LogP contribution in [0.5, 0.6) is 0 Å². The summed E-state index contributed by atoms with van der Waals surface area (Å²) in [5, 5.41) is 17.2. The van der Waals surface area contributed by atoms with Crippen molar-refractivity contribution in [3.8, 4) is 0 Å². The zero-order chi connectivity index (χ0) is 28.4. The second-order valence-corrected chi connectivity index (χ2v) is 11.5. The minimum atomic E-state index is -0.753. The van der Waals surface area contributed by atoms with E-state index in [1.165, 1.54) is 16.3 Å². The summed E-state index contributed by atoms with van der Waals surface area (Å²) in [7, 11) is 0. The van der Waals surface area contributed by atoms with Crippen LogP contribution in [-0.2, 0) is 5.54 Å². The highest BCUT2D eigenvalue weighted by molar-refractivity contribution is 5.86. The van der Waals surface area contributed by atoms with Crippen LogP contribution in [0.1, 0.15) is 47.9 Å². The van der Waals surface area contributed by atoms with Crippen molar-refractivity contribution in [2.24, 2.45) is 5.92 Å². The van der Waals surface area contributed by atoms with E-state index in [2.05, 4.69) is 132 Å². The molecule has 2 heterocycles. The lowest BCUT2D eigenvalue weighted by molar-refractivity contribution is 0.395. The van der Waals surface area contributed by atoms with Crippen LogP contribution in [0.3, 0.4) is 0 Å². The van der Waals surface area contributed by atoms with E-state index in [0.717, 1.165) is 42.6 Å². The molecule has 0 bridgehead atoms. The predicted octanol–water partition coefficient (Wildman–Crippen LogP) is 7.69. The van der Waals surface area contributed by atoms with E-state index in [9.17, 15) is 0 Å². The van der Waals surface area contributed by atoms with Gasteiger partial charge < -0.3 is 4.90 Å². The van der Waals surface area contributed by atoms with E-state index in [4.69, 9.17) is 10.3 Å². The Morgan fingerprint density at radius 1 is 0.714 bits per heavy atom. The fourth-order valence-corrected chi connectivity index (χ4v) is 6.87. The molecule has 1 saturated heterocycles. The normalized spacial score (nSPS) is 16.1. The summed E-state index contributed by atoms with van der Waals surface area (Å²) in [4.78, 5) is 4.14. The first-order chi connectivity index (χ1) is 20.7. The number of aromatic nitrogens is 4. The number of nitrogens with zero attached hydrogens (tertiary/aromatic N) is 5. The molecule has 0 amide bonds. The largest absolute Gasteiger partial charge is 0.338 e. The molecule has 1 aliphatic rings. The van der Waals surface area contributed by atoms with E-state index >= 15 is 0 Å². The molecule has 0 radical (unpaired) electrons. The minimum Gasteiger partial charge on any atom is -0.338 e. The highest BCUT2D eigenvalue weighted by Gasteiger charge is 2.41. The number of tetrazole rings is 1. The fraction of sp³-hybridized carbons (Fsp3) is 0.216. The number of hydrogen-bond acceptors (Lipinski definition) is 4. The summed E-state index contributed by atoms with van der Waals surface area (Å²) in [6.07, 6.45) is 2.27. The molecular formula is C37H35N5. The van der Waals surface area contributed by atoms with Gasteiger partial charge in [0.1, 0.15) is 0 Å². The molecule has 5 aromatic carbocycles. The van der Waals surface area contributed by atoms with Crippen molar-refractivity contribution >= 4 is 16.7 Å². The Kier molecular flexibility index (Phi) is 7.00. The van der Waals surface area contributed by atoms with Crippen LogP contribution >= 0.6 is 0 Å². The Labute approximate surface area is 247 Å². The Morgan fingerprint density at radius 3 is 1.93 bits per heavy atom. The number of fused-ring (bicyclic) bond motifs is 1. The third-order valence-electron chi connectivity index (χ3n) is 8.89. The van der Waals surface area contributed by atoms with Crippen LogP contribution in [0.15, 0.2) is 133 Å². The Bertz CT molecular complexity index is 1660. The lowest BCUT2D eigenvalue weighted by Gasteiger charge is -2.34. The van der Waals surface area contributed by atoms with Gasteiger partial charge in [-0.1, -0.05) is 145 Å². The van der Waals surface area contributed by atoms with Crippen molar-refractivity contribution in [2.75, 3.05) is 18.0 Å².